The zero-order chi connectivity index (χ0) is 12.4. The van der Waals surface area contributed by atoms with Crippen molar-refractivity contribution in [1.29, 1.82) is 0 Å². The molecule has 2 unspecified atom stereocenters. The molecular formula is C12H16Cl2N2O. The molecule has 1 aromatic heterocycles. The Balaban J connectivity index is 2.21. The highest BCUT2D eigenvalue weighted by atomic mass is 35.5. The van der Waals surface area contributed by atoms with Crippen molar-refractivity contribution in [1.82, 2.24) is 4.98 Å². The van der Waals surface area contributed by atoms with Crippen molar-refractivity contribution in [2.75, 3.05) is 18.0 Å². The van der Waals surface area contributed by atoms with Crippen LogP contribution in [0.4, 0.5) is 5.82 Å². The van der Waals surface area contributed by atoms with E-state index in [0.717, 1.165) is 24.6 Å². The maximum absolute atomic E-state index is 6.00. The van der Waals surface area contributed by atoms with E-state index >= 15 is 0 Å². The molecule has 2 rings (SSSR count). The summed E-state index contributed by atoms with van der Waals surface area (Å²) in [7, 11) is 0. The smallest absolute Gasteiger partial charge is 0.129 e. The van der Waals surface area contributed by atoms with E-state index in [-0.39, 0.29) is 12.2 Å². The number of rotatable bonds is 2. The first kappa shape index (κ1) is 12.9. The molecule has 2 atom stereocenters. The maximum Gasteiger partial charge on any atom is 0.129 e. The van der Waals surface area contributed by atoms with Gasteiger partial charge in [0.25, 0.3) is 0 Å². The lowest BCUT2D eigenvalue weighted by molar-refractivity contribution is -0.00546. The molecule has 1 saturated heterocycles. The molecule has 0 radical (unpaired) electrons. The Bertz CT molecular complexity index is 390. The lowest BCUT2D eigenvalue weighted by Crippen LogP contribution is -2.45. The molecule has 1 aliphatic rings. The molecular weight excluding hydrogens is 259 g/mol. The zero-order valence-electron chi connectivity index (χ0n) is 9.99. The lowest BCUT2D eigenvalue weighted by atomic mass is 10.2. The second-order valence-electron chi connectivity index (χ2n) is 4.39. The summed E-state index contributed by atoms with van der Waals surface area (Å²) in [4.78, 5) is 6.70. The van der Waals surface area contributed by atoms with Gasteiger partial charge in [-0.3, -0.25) is 0 Å². The summed E-state index contributed by atoms with van der Waals surface area (Å²) < 4.78 is 5.70. The number of anilines is 1. The third-order valence-electron chi connectivity index (χ3n) is 2.77. The van der Waals surface area contributed by atoms with Gasteiger partial charge < -0.3 is 9.64 Å². The molecule has 3 nitrogen and oxygen atoms in total. The van der Waals surface area contributed by atoms with Crippen LogP contribution in [-0.2, 0) is 10.6 Å². The van der Waals surface area contributed by atoms with Gasteiger partial charge in [0.15, 0.2) is 0 Å². The van der Waals surface area contributed by atoms with Gasteiger partial charge in [-0.25, -0.2) is 4.98 Å². The van der Waals surface area contributed by atoms with Crippen LogP contribution in [0.15, 0.2) is 12.1 Å². The molecule has 0 saturated carbocycles. The Hall–Kier alpha value is -0.510. The highest BCUT2D eigenvalue weighted by molar-refractivity contribution is 6.32. The number of ether oxygens (including phenoxy) is 1. The van der Waals surface area contributed by atoms with Gasteiger partial charge in [-0.05, 0) is 26.0 Å². The Kier molecular flexibility index (Phi) is 4.13. The third-order valence-corrected chi connectivity index (χ3v) is 3.37. The van der Waals surface area contributed by atoms with Crippen molar-refractivity contribution < 1.29 is 4.74 Å². The topological polar surface area (TPSA) is 25.4 Å². The molecule has 94 valence electrons. The van der Waals surface area contributed by atoms with Crippen LogP contribution in [0.2, 0.25) is 5.02 Å². The van der Waals surface area contributed by atoms with Crippen LogP contribution >= 0.6 is 23.2 Å². The van der Waals surface area contributed by atoms with E-state index in [1.807, 2.05) is 12.1 Å². The lowest BCUT2D eigenvalue weighted by Gasteiger charge is -2.36. The summed E-state index contributed by atoms with van der Waals surface area (Å²) in [6.45, 7) is 5.84. The average Bonchev–Trinajstić information content (AvgIpc) is 2.28. The summed E-state index contributed by atoms with van der Waals surface area (Å²) in [5.41, 5.74) is 0.734. The number of hydrogen-bond donors (Lipinski definition) is 0. The second-order valence-corrected chi connectivity index (χ2v) is 5.07. The molecule has 0 spiro atoms. The number of halogens is 2. The average molecular weight is 275 g/mol. The minimum absolute atomic E-state index is 0.218. The van der Waals surface area contributed by atoms with E-state index in [9.17, 15) is 0 Å². The van der Waals surface area contributed by atoms with Crippen LogP contribution in [0.5, 0.6) is 0 Å². The Morgan fingerprint density at radius 2 is 2.00 bits per heavy atom. The van der Waals surface area contributed by atoms with E-state index in [2.05, 4.69) is 23.7 Å². The predicted octanol–water partition coefficient (Wildman–Crippen LogP) is 3.09. The second kappa shape index (κ2) is 5.42. The minimum atomic E-state index is 0.218. The monoisotopic (exact) mass is 274 g/mol. The molecule has 0 bridgehead atoms. The summed E-state index contributed by atoms with van der Waals surface area (Å²) in [5, 5.41) is 0.623. The molecule has 1 fully saturated rings. The first-order chi connectivity index (χ1) is 8.10. The molecule has 0 aromatic carbocycles. The highest BCUT2D eigenvalue weighted by Gasteiger charge is 2.23. The molecule has 1 aliphatic heterocycles. The maximum atomic E-state index is 6.00. The quantitative estimate of drug-likeness (QED) is 0.775. The van der Waals surface area contributed by atoms with Crippen LogP contribution in [0.1, 0.15) is 19.5 Å². The van der Waals surface area contributed by atoms with E-state index in [4.69, 9.17) is 27.9 Å². The standard InChI is InChI=1S/C12H16Cl2N2O/c1-8-6-16(7-9(2)17-8)12-4-3-10(14)11(5-13)15-12/h3-4,8-9H,5-7H2,1-2H3. The van der Waals surface area contributed by atoms with E-state index < -0.39 is 0 Å². The number of hydrogen-bond acceptors (Lipinski definition) is 3. The first-order valence-electron chi connectivity index (χ1n) is 5.72. The van der Waals surface area contributed by atoms with Crippen molar-refractivity contribution in [3.63, 3.8) is 0 Å². The first-order valence-corrected chi connectivity index (χ1v) is 6.63. The number of nitrogens with zero attached hydrogens (tertiary/aromatic N) is 2. The van der Waals surface area contributed by atoms with Gasteiger partial charge in [0.1, 0.15) is 5.82 Å². The normalized spacial score (nSPS) is 25.1. The summed E-state index contributed by atoms with van der Waals surface area (Å²) in [6, 6.07) is 3.79. The molecule has 0 aliphatic carbocycles. The van der Waals surface area contributed by atoms with Crippen molar-refractivity contribution in [2.24, 2.45) is 0 Å². The van der Waals surface area contributed by atoms with Crippen LogP contribution < -0.4 is 4.90 Å². The van der Waals surface area contributed by atoms with Crippen LogP contribution in [-0.4, -0.2) is 30.3 Å². The van der Waals surface area contributed by atoms with Crippen molar-refractivity contribution in [2.45, 2.75) is 31.9 Å². The molecule has 0 amide bonds. The molecule has 2 heterocycles. The number of alkyl halides is 1. The van der Waals surface area contributed by atoms with Crippen molar-refractivity contribution >= 4 is 29.0 Å². The molecule has 17 heavy (non-hydrogen) atoms. The number of aromatic nitrogens is 1. The van der Waals surface area contributed by atoms with Crippen molar-refractivity contribution in [3.05, 3.63) is 22.8 Å². The SMILES string of the molecule is CC1CN(c2ccc(Cl)c(CCl)n2)CC(C)O1. The Morgan fingerprint density at radius 1 is 1.35 bits per heavy atom. The zero-order valence-corrected chi connectivity index (χ0v) is 11.5. The highest BCUT2D eigenvalue weighted by Crippen LogP contribution is 2.23. The van der Waals surface area contributed by atoms with Gasteiger partial charge in [-0.2, -0.15) is 0 Å². The summed E-state index contributed by atoms with van der Waals surface area (Å²) >= 11 is 11.8. The fraction of sp³-hybridized carbons (Fsp3) is 0.583. The van der Waals surface area contributed by atoms with Gasteiger partial charge in [-0.1, -0.05) is 11.6 Å². The molecule has 1 aromatic rings. The predicted molar refractivity (Wildman–Crippen MR) is 71.0 cm³/mol. The summed E-state index contributed by atoms with van der Waals surface area (Å²) in [6.07, 6.45) is 0.436. The molecule has 0 N–H and O–H groups in total. The Labute approximate surface area is 112 Å². The minimum Gasteiger partial charge on any atom is -0.372 e. The van der Waals surface area contributed by atoms with Gasteiger partial charge in [0.05, 0.1) is 28.8 Å². The third kappa shape index (κ3) is 3.03. The van der Waals surface area contributed by atoms with Crippen LogP contribution in [0.3, 0.4) is 0 Å². The largest absolute Gasteiger partial charge is 0.372 e. The van der Waals surface area contributed by atoms with Gasteiger partial charge in [0.2, 0.25) is 0 Å². The number of pyridine rings is 1. The van der Waals surface area contributed by atoms with Crippen LogP contribution in [0, 0.1) is 0 Å². The van der Waals surface area contributed by atoms with Crippen LogP contribution in [0.25, 0.3) is 0 Å². The van der Waals surface area contributed by atoms with Gasteiger partial charge >= 0.3 is 0 Å². The van der Waals surface area contributed by atoms with Gasteiger partial charge in [0, 0.05) is 13.1 Å². The number of morpholine rings is 1. The van der Waals surface area contributed by atoms with E-state index in [1.165, 1.54) is 0 Å². The van der Waals surface area contributed by atoms with E-state index in [0.29, 0.717) is 10.9 Å². The summed E-state index contributed by atoms with van der Waals surface area (Å²) in [5.74, 6) is 1.26. The van der Waals surface area contributed by atoms with Crippen molar-refractivity contribution in [3.8, 4) is 0 Å². The Morgan fingerprint density at radius 3 is 2.59 bits per heavy atom. The molecule has 5 heteroatoms. The fourth-order valence-electron chi connectivity index (χ4n) is 2.11. The fourth-order valence-corrected chi connectivity index (χ4v) is 2.55. The van der Waals surface area contributed by atoms with Gasteiger partial charge in [-0.15, -0.1) is 11.6 Å². The van der Waals surface area contributed by atoms with E-state index in [1.54, 1.807) is 0 Å².